The van der Waals surface area contributed by atoms with Crippen molar-refractivity contribution >= 4 is 11.8 Å². The maximum Gasteiger partial charge on any atom is 0.365 e. The molecule has 0 atom stereocenters. The molecular weight excluding hydrogens is 271 g/mol. The smallest absolute Gasteiger partial charge is 0.365 e. The van der Waals surface area contributed by atoms with E-state index in [1.54, 1.807) is 19.1 Å². The molecule has 0 amide bonds. The van der Waals surface area contributed by atoms with Crippen molar-refractivity contribution in [2.45, 2.75) is 23.4 Å². The highest BCUT2D eigenvalue weighted by Gasteiger charge is 2.10. The highest BCUT2D eigenvalue weighted by molar-refractivity contribution is 7.99. The van der Waals surface area contributed by atoms with Crippen LogP contribution in [0.3, 0.4) is 0 Å². The van der Waals surface area contributed by atoms with Crippen LogP contribution in [-0.2, 0) is 6.54 Å². The van der Waals surface area contributed by atoms with Crippen molar-refractivity contribution in [3.8, 4) is 0 Å². The first-order valence-electron chi connectivity index (χ1n) is 5.52. The van der Waals surface area contributed by atoms with Gasteiger partial charge in [0.05, 0.1) is 5.03 Å². The zero-order valence-electron chi connectivity index (χ0n) is 10.0. The van der Waals surface area contributed by atoms with E-state index in [0.717, 1.165) is 11.8 Å². The quantitative estimate of drug-likeness (QED) is 0.685. The van der Waals surface area contributed by atoms with Gasteiger partial charge in [-0.3, -0.25) is 9.36 Å². The third-order valence-corrected chi connectivity index (χ3v) is 3.54. The summed E-state index contributed by atoms with van der Waals surface area (Å²) < 4.78 is 14.1. The van der Waals surface area contributed by atoms with E-state index in [-0.39, 0.29) is 10.5 Å². The Morgan fingerprint density at radius 3 is 2.47 bits per heavy atom. The average Bonchev–Trinajstić information content (AvgIpc) is 2.39. The first-order chi connectivity index (χ1) is 9.02. The van der Waals surface area contributed by atoms with E-state index in [9.17, 15) is 19.2 Å². The summed E-state index contributed by atoms with van der Waals surface area (Å²) in [5.74, 6) is -0.358. The van der Waals surface area contributed by atoms with E-state index in [4.69, 9.17) is 0 Å². The lowest BCUT2D eigenvalue weighted by Gasteiger charge is -2.10. The summed E-state index contributed by atoms with van der Waals surface area (Å²) in [4.78, 5) is 23.8. The minimum atomic E-state index is -0.792. The third kappa shape index (κ3) is 2.70. The summed E-state index contributed by atoms with van der Waals surface area (Å²) in [6.45, 7) is 2.03. The predicted octanol–water partition coefficient (Wildman–Crippen LogP) is 1.56. The molecule has 0 spiro atoms. The van der Waals surface area contributed by atoms with E-state index < -0.39 is 11.2 Å². The Kier molecular flexibility index (Phi) is 3.75. The highest BCUT2D eigenvalue weighted by atomic mass is 32.2. The molecule has 0 saturated heterocycles. The fraction of sp³-hybridized carbons (Fsp3) is 0.167. The Hall–Kier alpha value is -2.02. The lowest BCUT2D eigenvalue weighted by Crippen LogP contribution is -2.38. The minimum absolute atomic E-state index is 0.0677. The molecule has 0 unspecified atom stereocenters. The van der Waals surface area contributed by atoms with E-state index in [1.807, 2.05) is 0 Å². The summed E-state index contributed by atoms with van der Waals surface area (Å²) in [6.07, 6.45) is 0. The van der Waals surface area contributed by atoms with E-state index in [2.05, 4.69) is 0 Å². The topological polar surface area (TPSA) is 64.2 Å². The molecule has 0 saturated carbocycles. The van der Waals surface area contributed by atoms with Gasteiger partial charge in [0.2, 0.25) is 0 Å². The summed E-state index contributed by atoms with van der Waals surface area (Å²) in [7, 11) is 0. The van der Waals surface area contributed by atoms with Crippen LogP contribution < -0.4 is 11.2 Å². The zero-order chi connectivity index (χ0) is 14.0. The maximum absolute atomic E-state index is 12.8. The van der Waals surface area contributed by atoms with Crippen LogP contribution in [0.15, 0.2) is 49.8 Å². The lowest BCUT2D eigenvalue weighted by molar-refractivity contribution is 0.152. The van der Waals surface area contributed by atoms with Gasteiger partial charge >= 0.3 is 5.69 Å². The van der Waals surface area contributed by atoms with Crippen LogP contribution in [0.2, 0.25) is 0 Å². The molecule has 0 aliphatic rings. The maximum atomic E-state index is 12.8. The second-order valence-electron chi connectivity index (χ2n) is 3.72. The molecule has 5 nitrogen and oxygen atoms in total. The van der Waals surface area contributed by atoms with Crippen molar-refractivity contribution in [3.05, 3.63) is 57.0 Å². The molecule has 19 heavy (non-hydrogen) atoms. The van der Waals surface area contributed by atoms with E-state index in [1.165, 1.54) is 22.8 Å². The average molecular weight is 282 g/mol. The Labute approximate surface area is 111 Å². The molecule has 2 aromatic rings. The van der Waals surface area contributed by atoms with Crippen LogP contribution in [0.5, 0.6) is 0 Å². The summed E-state index contributed by atoms with van der Waals surface area (Å²) in [5.41, 5.74) is -1.58. The summed E-state index contributed by atoms with van der Waals surface area (Å²) in [5, 5.41) is 9.65. The van der Waals surface area contributed by atoms with Gasteiger partial charge in [-0.15, -0.1) is 0 Å². The first kappa shape index (κ1) is 13.4. The molecule has 0 fully saturated rings. The summed E-state index contributed by atoms with van der Waals surface area (Å²) in [6, 6.07) is 6.86. The van der Waals surface area contributed by atoms with Crippen molar-refractivity contribution in [1.82, 2.24) is 9.30 Å². The van der Waals surface area contributed by atoms with Crippen molar-refractivity contribution < 1.29 is 9.60 Å². The molecule has 1 N–H and O–H groups in total. The molecule has 0 aliphatic heterocycles. The molecule has 7 heteroatoms. The molecular formula is C12H11FN2O3S. The number of benzene rings is 1. The molecule has 1 aromatic carbocycles. The molecule has 0 radical (unpaired) electrons. The second-order valence-corrected chi connectivity index (χ2v) is 4.81. The Morgan fingerprint density at radius 1 is 1.26 bits per heavy atom. The lowest BCUT2D eigenvalue weighted by atomic mass is 10.4. The number of hydrogen-bond acceptors (Lipinski definition) is 4. The molecule has 1 aromatic heterocycles. The molecule has 0 aliphatic carbocycles. The fourth-order valence-electron chi connectivity index (χ4n) is 1.55. The molecule has 2 rings (SSSR count). The minimum Gasteiger partial charge on any atom is -0.421 e. The largest absolute Gasteiger partial charge is 0.421 e. The predicted molar refractivity (Wildman–Crippen MR) is 68.3 cm³/mol. The fourth-order valence-corrected chi connectivity index (χ4v) is 2.54. The van der Waals surface area contributed by atoms with Crippen molar-refractivity contribution in [3.63, 3.8) is 0 Å². The molecule has 100 valence electrons. The number of aromatic nitrogens is 2. The van der Waals surface area contributed by atoms with Gasteiger partial charge in [-0.1, -0.05) is 16.5 Å². The second kappa shape index (κ2) is 5.31. The number of hydrogen-bond donors (Lipinski definition) is 1. The van der Waals surface area contributed by atoms with Gasteiger partial charge in [-0.05, 0) is 31.2 Å². The number of nitrogens with zero attached hydrogens (tertiary/aromatic N) is 2. The third-order valence-electron chi connectivity index (χ3n) is 2.49. The number of halogens is 1. The van der Waals surface area contributed by atoms with Gasteiger partial charge in [0, 0.05) is 17.5 Å². The zero-order valence-corrected chi connectivity index (χ0v) is 10.9. The van der Waals surface area contributed by atoms with Crippen molar-refractivity contribution in [2.24, 2.45) is 0 Å². The SMILES string of the molecule is CCn1c(Sc2ccc(F)cc2)cc(=O)n(O)c1=O. The first-order valence-corrected chi connectivity index (χ1v) is 6.34. The van der Waals surface area contributed by atoms with Crippen LogP contribution in [-0.4, -0.2) is 14.5 Å². The normalized spacial score (nSPS) is 10.6. The monoisotopic (exact) mass is 282 g/mol. The number of rotatable bonds is 3. The Morgan fingerprint density at radius 2 is 1.89 bits per heavy atom. The van der Waals surface area contributed by atoms with Gasteiger partial charge in [0.15, 0.2) is 0 Å². The van der Waals surface area contributed by atoms with E-state index in [0.29, 0.717) is 16.5 Å². The van der Waals surface area contributed by atoms with E-state index >= 15 is 0 Å². The van der Waals surface area contributed by atoms with Crippen LogP contribution in [0.25, 0.3) is 0 Å². The van der Waals surface area contributed by atoms with Gasteiger partial charge < -0.3 is 5.21 Å². The van der Waals surface area contributed by atoms with Crippen LogP contribution in [0.1, 0.15) is 6.92 Å². The molecule has 1 heterocycles. The van der Waals surface area contributed by atoms with Gasteiger partial charge in [-0.25, -0.2) is 9.18 Å². The highest BCUT2D eigenvalue weighted by Crippen LogP contribution is 2.25. The Balaban J connectivity index is 2.48. The van der Waals surface area contributed by atoms with Gasteiger partial charge in [0.1, 0.15) is 5.82 Å². The van der Waals surface area contributed by atoms with Crippen LogP contribution >= 0.6 is 11.8 Å². The summed E-state index contributed by atoms with van der Waals surface area (Å²) >= 11 is 1.16. The van der Waals surface area contributed by atoms with Crippen LogP contribution in [0, 0.1) is 5.82 Å². The van der Waals surface area contributed by atoms with Gasteiger partial charge in [-0.2, -0.15) is 0 Å². The van der Waals surface area contributed by atoms with Crippen LogP contribution in [0.4, 0.5) is 4.39 Å². The van der Waals surface area contributed by atoms with Crippen molar-refractivity contribution in [1.29, 1.82) is 0 Å². The van der Waals surface area contributed by atoms with Crippen molar-refractivity contribution in [2.75, 3.05) is 0 Å². The van der Waals surface area contributed by atoms with Gasteiger partial charge in [0.25, 0.3) is 5.56 Å². The molecule has 0 bridgehead atoms. The standard InChI is InChI=1S/C12H11FN2O3S/c1-2-14-11(7-10(16)15(18)12(14)17)19-9-5-3-8(13)4-6-9/h3-7,18H,2H2,1H3. The Bertz CT molecular complexity index is 706.